The summed E-state index contributed by atoms with van der Waals surface area (Å²) < 4.78 is 2.10. The SMILES string of the molecule is NC(c1cc(Br)cc(Br)c1)c1ccc2c(c1)CCC2. The molecule has 3 rings (SSSR count). The zero-order valence-electron chi connectivity index (χ0n) is 10.5. The van der Waals surface area contributed by atoms with E-state index in [-0.39, 0.29) is 6.04 Å². The van der Waals surface area contributed by atoms with Crippen LogP contribution in [-0.2, 0) is 12.8 Å². The number of benzene rings is 2. The van der Waals surface area contributed by atoms with Gasteiger partial charge in [0.25, 0.3) is 0 Å². The van der Waals surface area contributed by atoms with Crippen LogP contribution in [0.3, 0.4) is 0 Å². The molecule has 1 atom stereocenters. The van der Waals surface area contributed by atoms with Gasteiger partial charge < -0.3 is 5.73 Å². The summed E-state index contributed by atoms with van der Waals surface area (Å²) in [4.78, 5) is 0. The van der Waals surface area contributed by atoms with Crippen LogP contribution in [0.1, 0.15) is 34.7 Å². The number of hydrogen-bond acceptors (Lipinski definition) is 1. The molecule has 1 nitrogen and oxygen atoms in total. The zero-order valence-corrected chi connectivity index (χ0v) is 13.7. The average Bonchev–Trinajstić information content (AvgIpc) is 2.83. The summed E-state index contributed by atoms with van der Waals surface area (Å²) in [6.07, 6.45) is 3.68. The van der Waals surface area contributed by atoms with Crippen LogP contribution in [0.4, 0.5) is 0 Å². The molecule has 3 heteroatoms. The Morgan fingerprint density at radius 3 is 2.26 bits per heavy atom. The molecule has 0 spiro atoms. The van der Waals surface area contributed by atoms with Gasteiger partial charge in [-0.3, -0.25) is 0 Å². The molecule has 0 heterocycles. The summed E-state index contributed by atoms with van der Waals surface area (Å²) in [5.74, 6) is 0. The molecule has 2 N–H and O–H groups in total. The normalized spacial score (nSPS) is 15.3. The molecule has 2 aromatic rings. The maximum absolute atomic E-state index is 6.41. The van der Waals surface area contributed by atoms with Crippen LogP contribution in [0.2, 0.25) is 0 Å². The largest absolute Gasteiger partial charge is 0.320 e. The van der Waals surface area contributed by atoms with Crippen LogP contribution >= 0.6 is 31.9 Å². The zero-order chi connectivity index (χ0) is 13.4. The minimum absolute atomic E-state index is 0.0697. The number of fused-ring (bicyclic) bond motifs is 1. The van der Waals surface area contributed by atoms with E-state index in [2.05, 4.69) is 62.2 Å². The summed E-state index contributed by atoms with van der Waals surface area (Å²) >= 11 is 7.04. The van der Waals surface area contributed by atoms with Gasteiger partial charge in [-0.1, -0.05) is 50.1 Å². The minimum Gasteiger partial charge on any atom is -0.320 e. The van der Waals surface area contributed by atoms with Gasteiger partial charge in [-0.25, -0.2) is 0 Å². The Morgan fingerprint density at radius 1 is 0.842 bits per heavy atom. The molecule has 0 fully saturated rings. The quantitative estimate of drug-likeness (QED) is 0.799. The van der Waals surface area contributed by atoms with Gasteiger partial charge in [0.05, 0.1) is 6.04 Å². The van der Waals surface area contributed by atoms with E-state index in [1.165, 1.54) is 36.0 Å². The third kappa shape index (κ3) is 2.78. The lowest BCUT2D eigenvalue weighted by atomic mass is 9.96. The van der Waals surface area contributed by atoms with Crippen LogP contribution in [0.15, 0.2) is 45.3 Å². The topological polar surface area (TPSA) is 26.0 Å². The second kappa shape index (κ2) is 5.39. The molecule has 0 saturated carbocycles. The van der Waals surface area contributed by atoms with Crippen molar-refractivity contribution in [1.29, 1.82) is 0 Å². The van der Waals surface area contributed by atoms with Gasteiger partial charge in [-0.2, -0.15) is 0 Å². The molecule has 1 unspecified atom stereocenters. The molecule has 0 bridgehead atoms. The Kier molecular flexibility index (Phi) is 3.79. The number of rotatable bonds is 2. The first kappa shape index (κ1) is 13.3. The summed E-state index contributed by atoms with van der Waals surface area (Å²) in [7, 11) is 0. The second-order valence-corrected chi connectivity index (χ2v) is 6.89. The smallest absolute Gasteiger partial charge is 0.0552 e. The predicted octanol–water partition coefficient (Wildman–Crippen LogP) is 4.75. The maximum Gasteiger partial charge on any atom is 0.0552 e. The summed E-state index contributed by atoms with van der Waals surface area (Å²) in [5.41, 5.74) is 11.7. The van der Waals surface area contributed by atoms with E-state index in [1.54, 1.807) is 0 Å². The highest BCUT2D eigenvalue weighted by atomic mass is 79.9. The van der Waals surface area contributed by atoms with Crippen molar-refractivity contribution in [3.8, 4) is 0 Å². The van der Waals surface area contributed by atoms with Gasteiger partial charge in [-0.05, 0) is 59.7 Å². The lowest BCUT2D eigenvalue weighted by molar-refractivity contribution is 0.865. The van der Waals surface area contributed by atoms with Crippen molar-refractivity contribution in [3.63, 3.8) is 0 Å². The first-order valence-electron chi connectivity index (χ1n) is 6.47. The van der Waals surface area contributed by atoms with E-state index in [1.807, 2.05) is 6.07 Å². The van der Waals surface area contributed by atoms with Crippen molar-refractivity contribution in [3.05, 3.63) is 67.6 Å². The van der Waals surface area contributed by atoms with E-state index < -0.39 is 0 Å². The molecule has 0 amide bonds. The third-order valence-corrected chi connectivity index (χ3v) is 4.64. The molecule has 0 radical (unpaired) electrons. The molecular weight excluding hydrogens is 366 g/mol. The van der Waals surface area contributed by atoms with Crippen LogP contribution < -0.4 is 5.73 Å². The van der Waals surface area contributed by atoms with Crippen molar-refractivity contribution >= 4 is 31.9 Å². The van der Waals surface area contributed by atoms with Gasteiger partial charge >= 0.3 is 0 Å². The van der Waals surface area contributed by atoms with Crippen molar-refractivity contribution in [2.24, 2.45) is 5.73 Å². The maximum atomic E-state index is 6.41. The van der Waals surface area contributed by atoms with E-state index in [4.69, 9.17) is 5.73 Å². The molecule has 19 heavy (non-hydrogen) atoms. The predicted molar refractivity (Wildman–Crippen MR) is 86.3 cm³/mol. The molecule has 98 valence electrons. The summed E-state index contributed by atoms with van der Waals surface area (Å²) in [5, 5.41) is 0. The van der Waals surface area contributed by atoms with Gasteiger partial charge in [0.1, 0.15) is 0 Å². The molecule has 0 saturated heterocycles. The fraction of sp³-hybridized carbons (Fsp3) is 0.250. The van der Waals surface area contributed by atoms with Gasteiger partial charge in [-0.15, -0.1) is 0 Å². The Hall–Kier alpha value is -0.640. The minimum atomic E-state index is -0.0697. The van der Waals surface area contributed by atoms with Crippen molar-refractivity contribution in [2.45, 2.75) is 25.3 Å². The van der Waals surface area contributed by atoms with Crippen LogP contribution in [-0.4, -0.2) is 0 Å². The highest BCUT2D eigenvalue weighted by Crippen LogP contribution is 2.30. The number of halogens is 2. The first-order chi connectivity index (χ1) is 9.13. The number of hydrogen-bond donors (Lipinski definition) is 1. The lowest BCUT2D eigenvalue weighted by Crippen LogP contribution is -2.12. The highest BCUT2D eigenvalue weighted by molar-refractivity contribution is 9.11. The fourth-order valence-corrected chi connectivity index (χ4v) is 4.06. The first-order valence-corrected chi connectivity index (χ1v) is 8.05. The Bertz CT molecular complexity index is 602. The Labute approximate surface area is 130 Å². The van der Waals surface area contributed by atoms with Gasteiger partial charge in [0.2, 0.25) is 0 Å². The average molecular weight is 381 g/mol. The van der Waals surface area contributed by atoms with Crippen LogP contribution in [0.25, 0.3) is 0 Å². The Balaban J connectivity index is 1.97. The Morgan fingerprint density at radius 2 is 1.53 bits per heavy atom. The molecule has 0 aliphatic heterocycles. The lowest BCUT2D eigenvalue weighted by Gasteiger charge is -2.15. The molecule has 1 aliphatic rings. The monoisotopic (exact) mass is 379 g/mol. The molecule has 1 aliphatic carbocycles. The van der Waals surface area contributed by atoms with E-state index in [0.717, 1.165) is 14.5 Å². The van der Waals surface area contributed by atoms with E-state index in [0.29, 0.717) is 0 Å². The fourth-order valence-electron chi connectivity index (χ4n) is 2.73. The second-order valence-electron chi connectivity index (χ2n) is 5.06. The van der Waals surface area contributed by atoms with Crippen molar-refractivity contribution < 1.29 is 0 Å². The van der Waals surface area contributed by atoms with E-state index in [9.17, 15) is 0 Å². The number of aryl methyl sites for hydroxylation is 2. The summed E-state index contributed by atoms with van der Waals surface area (Å²) in [6.45, 7) is 0. The number of nitrogens with two attached hydrogens (primary N) is 1. The molecule has 2 aromatic carbocycles. The summed E-state index contributed by atoms with van der Waals surface area (Å²) in [6, 6.07) is 12.8. The van der Waals surface area contributed by atoms with Gasteiger partial charge in [0.15, 0.2) is 0 Å². The van der Waals surface area contributed by atoms with Gasteiger partial charge in [0, 0.05) is 8.95 Å². The van der Waals surface area contributed by atoms with Crippen LogP contribution in [0.5, 0.6) is 0 Å². The standard InChI is InChI=1S/C16H15Br2N/c17-14-7-13(8-15(18)9-14)16(19)12-5-4-10-2-1-3-11(10)6-12/h4-9,16H,1-3,19H2. The van der Waals surface area contributed by atoms with Crippen LogP contribution in [0, 0.1) is 0 Å². The molecular formula is C16H15Br2N. The van der Waals surface area contributed by atoms with Crippen molar-refractivity contribution in [2.75, 3.05) is 0 Å². The molecule has 0 aromatic heterocycles. The van der Waals surface area contributed by atoms with E-state index >= 15 is 0 Å². The van der Waals surface area contributed by atoms with Crippen molar-refractivity contribution in [1.82, 2.24) is 0 Å². The third-order valence-electron chi connectivity index (χ3n) is 3.73. The highest BCUT2D eigenvalue weighted by Gasteiger charge is 2.15.